The number of aliphatic hydroxyl groups is 1. The summed E-state index contributed by atoms with van der Waals surface area (Å²) in [5.41, 5.74) is 3.20. The lowest BCUT2D eigenvalue weighted by Crippen LogP contribution is -2.33. The highest BCUT2D eigenvalue weighted by molar-refractivity contribution is 6.03. The quantitative estimate of drug-likeness (QED) is 0.591. The van der Waals surface area contributed by atoms with Gasteiger partial charge < -0.3 is 19.0 Å². The first kappa shape index (κ1) is 18.0. The fourth-order valence-corrected chi connectivity index (χ4v) is 5.31. The number of benzene rings is 2. The molecule has 3 aliphatic rings. The lowest BCUT2D eigenvalue weighted by atomic mass is 9.84. The van der Waals surface area contributed by atoms with E-state index in [1.165, 1.54) is 6.07 Å². The molecule has 0 unspecified atom stereocenters. The van der Waals surface area contributed by atoms with Gasteiger partial charge in [-0.2, -0.15) is 0 Å². The molecule has 1 aliphatic carbocycles. The van der Waals surface area contributed by atoms with Crippen LogP contribution in [0.15, 0.2) is 45.6 Å². The minimum absolute atomic E-state index is 0.0115. The fourth-order valence-electron chi connectivity index (χ4n) is 5.31. The van der Waals surface area contributed by atoms with Crippen LogP contribution in [0.25, 0.3) is 22.1 Å². The minimum Gasteiger partial charge on any atom is -0.489 e. The molecule has 0 spiro atoms. The molecule has 2 aromatic carbocycles. The van der Waals surface area contributed by atoms with Crippen molar-refractivity contribution in [3.05, 3.63) is 57.9 Å². The zero-order valence-corrected chi connectivity index (χ0v) is 17.4. The summed E-state index contributed by atoms with van der Waals surface area (Å²) in [6, 6.07) is 11.3. The molecule has 2 aliphatic heterocycles. The second-order valence-corrected chi connectivity index (χ2v) is 9.50. The van der Waals surface area contributed by atoms with E-state index in [-0.39, 0.29) is 29.5 Å². The predicted octanol–water partition coefficient (Wildman–Crippen LogP) is 4.79. The number of aliphatic hydroxyl groups excluding tert-OH is 1. The second-order valence-electron chi connectivity index (χ2n) is 9.50. The van der Waals surface area contributed by atoms with E-state index in [1.54, 1.807) is 0 Å². The summed E-state index contributed by atoms with van der Waals surface area (Å²) in [6.45, 7) is 8.30. The Bertz CT molecular complexity index is 1260. The van der Waals surface area contributed by atoms with E-state index in [9.17, 15) is 9.90 Å². The van der Waals surface area contributed by atoms with Crippen LogP contribution >= 0.6 is 0 Å². The Morgan fingerprint density at radius 1 is 1.00 bits per heavy atom. The predicted molar refractivity (Wildman–Crippen MR) is 113 cm³/mol. The zero-order valence-electron chi connectivity index (χ0n) is 17.4. The van der Waals surface area contributed by atoms with Gasteiger partial charge in [0, 0.05) is 34.4 Å². The van der Waals surface area contributed by atoms with Gasteiger partial charge in [-0.15, -0.1) is 0 Å². The van der Waals surface area contributed by atoms with Gasteiger partial charge in [0.2, 0.25) is 0 Å². The normalized spacial score (nSPS) is 30.1. The van der Waals surface area contributed by atoms with Crippen molar-refractivity contribution in [2.45, 2.75) is 51.9 Å². The number of hydrogen-bond donors (Lipinski definition) is 1. The molecule has 1 saturated carbocycles. The largest absolute Gasteiger partial charge is 0.489 e. The molecule has 1 aromatic heterocycles. The van der Waals surface area contributed by atoms with Crippen molar-refractivity contribution in [3.8, 4) is 22.6 Å². The van der Waals surface area contributed by atoms with Gasteiger partial charge in [0.25, 0.3) is 0 Å². The van der Waals surface area contributed by atoms with Crippen LogP contribution in [0.5, 0.6) is 11.5 Å². The standard InChI is InChI=1S/C25H24O5/c1-11-12(2)28-23-17-19-24(25(19,3)4)30-21(17)16-14(13-8-6-5-7-9-13)10-15(26)29-22(16)18(23)20(11)27/h5-12,19-20,24,27H,1-4H3/t11-,12+,19+,20+,24-/m0/s1. The highest BCUT2D eigenvalue weighted by atomic mass is 16.5. The lowest BCUT2D eigenvalue weighted by Gasteiger charge is -2.35. The van der Waals surface area contributed by atoms with Gasteiger partial charge >= 0.3 is 5.63 Å². The SMILES string of the molecule is C[C@H]1[C@@H](C)Oc2c3c(c4c(-c5ccccc5)cc(=O)oc4c2[C@@H]1O)O[C@H]1[C@@H]3C1(C)C. The summed E-state index contributed by atoms with van der Waals surface area (Å²) >= 11 is 0. The van der Waals surface area contributed by atoms with Crippen LogP contribution in [0, 0.1) is 11.3 Å². The smallest absolute Gasteiger partial charge is 0.336 e. The maximum atomic E-state index is 12.6. The molecule has 0 radical (unpaired) electrons. The van der Waals surface area contributed by atoms with Crippen molar-refractivity contribution in [2.24, 2.45) is 11.3 Å². The van der Waals surface area contributed by atoms with Crippen molar-refractivity contribution in [2.75, 3.05) is 0 Å². The summed E-state index contributed by atoms with van der Waals surface area (Å²) < 4.78 is 18.5. The Balaban J connectivity index is 1.77. The Kier molecular flexibility index (Phi) is 3.40. The van der Waals surface area contributed by atoms with E-state index in [2.05, 4.69) is 13.8 Å². The molecule has 5 heteroatoms. The Labute approximate surface area is 174 Å². The van der Waals surface area contributed by atoms with Gasteiger partial charge in [0.05, 0.1) is 17.1 Å². The maximum absolute atomic E-state index is 12.6. The molecule has 0 saturated heterocycles. The van der Waals surface area contributed by atoms with Gasteiger partial charge in [0.15, 0.2) is 5.58 Å². The molecule has 3 heterocycles. The van der Waals surface area contributed by atoms with Gasteiger partial charge in [0.1, 0.15) is 23.7 Å². The molecule has 0 amide bonds. The first-order valence-corrected chi connectivity index (χ1v) is 10.5. The molecule has 5 nitrogen and oxygen atoms in total. The fraction of sp³-hybridized carbons (Fsp3) is 0.400. The molecule has 1 N–H and O–H groups in total. The Hall–Kier alpha value is -2.79. The van der Waals surface area contributed by atoms with E-state index in [0.29, 0.717) is 16.9 Å². The third-order valence-electron chi connectivity index (χ3n) is 7.37. The molecule has 3 aromatic rings. The summed E-state index contributed by atoms with van der Waals surface area (Å²) in [7, 11) is 0. The van der Waals surface area contributed by atoms with Crippen LogP contribution in [-0.4, -0.2) is 17.3 Å². The van der Waals surface area contributed by atoms with Crippen LogP contribution < -0.4 is 15.1 Å². The van der Waals surface area contributed by atoms with Gasteiger partial charge in [-0.05, 0) is 12.5 Å². The Morgan fingerprint density at radius 2 is 1.73 bits per heavy atom. The van der Waals surface area contributed by atoms with Crippen LogP contribution in [0.2, 0.25) is 0 Å². The van der Waals surface area contributed by atoms with Crippen molar-refractivity contribution in [1.82, 2.24) is 0 Å². The van der Waals surface area contributed by atoms with E-state index < -0.39 is 11.7 Å². The molecule has 30 heavy (non-hydrogen) atoms. The van der Waals surface area contributed by atoms with Crippen molar-refractivity contribution in [3.63, 3.8) is 0 Å². The maximum Gasteiger partial charge on any atom is 0.336 e. The Morgan fingerprint density at radius 3 is 2.47 bits per heavy atom. The second kappa shape index (κ2) is 5.67. The number of ether oxygens (including phenoxy) is 2. The first-order valence-electron chi connectivity index (χ1n) is 10.5. The highest BCUT2D eigenvalue weighted by Gasteiger charge is 2.67. The summed E-state index contributed by atoms with van der Waals surface area (Å²) in [5.74, 6) is 1.44. The summed E-state index contributed by atoms with van der Waals surface area (Å²) in [5, 5.41) is 12.0. The summed E-state index contributed by atoms with van der Waals surface area (Å²) in [6.07, 6.45) is -0.876. The summed E-state index contributed by atoms with van der Waals surface area (Å²) in [4.78, 5) is 12.6. The van der Waals surface area contributed by atoms with E-state index in [1.807, 2.05) is 44.2 Å². The van der Waals surface area contributed by atoms with Crippen molar-refractivity contribution < 1.29 is 19.0 Å². The molecular formula is C25H24O5. The molecule has 154 valence electrons. The van der Waals surface area contributed by atoms with Gasteiger partial charge in [-0.3, -0.25) is 0 Å². The van der Waals surface area contributed by atoms with Crippen LogP contribution in [-0.2, 0) is 0 Å². The average molecular weight is 404 g/mol. The van der Waals surface area contributed by atoms with Crippen molar-refractivity contribution >= 4 is 11.0 Å². The van der Waals surface area contributed by atoms with E-state index in [0.717, 1.165) is 27.8 Å². The molecule has 0 bridgehead atoms. The lowest BCUT2D eigenvalue weighted by molar-refractivity contribution is 0.0171. The van der Waals surface area contributed by atoms with Crippen LogP contribution in [0.1, 0.15) is 50.8 Å². The topological polar surface area (TPSA) is 68.9 Å². The van der Waals surface area contributed by atoms with Crippen molar-refractivity contribution in [1.29, 1.82) is 0 Å². The average Bonchev–Trinajstić information content (AvgIpc) is 3.06. The molecule has 5 atom stereocenters. The van der Waals surface area contributed by atoms with E-state index in [4.69, 9.17) is 13.9 Å². The third-order valence-corrected chi connectivity index (χ3v) is 7.37. The number of hydrogen-bond acceptors (Lipinski definition) is 5. The first-order chi connectivity index (χ1) is 14.3. The molecular weight excluding hydrogens is 380 g/mol. The zero-order chi connectivity index (χ0) is 20.9. The molecule has 1 fully saturated rings. The minimum atomic E-state index is -0.786. The van der Waals surface area contributed by atoms with E-state index >= 15 is 0 Å². The monoisotopic (exact) mass is 404 g/mol. The highest BCUT2D eigenvalue weighted by Crippen LogP contribution is 2.71. The van der Waals surface area contributed by atoms with Crippen LogP contribution in [0.4, 0.5) is 0 Å². The van der Waals surface area contributed by atoms with Gasteiger partial charge in [-0.1, -0.05) is 51.1 Å². The molecule has 6 rings (SSSR count). The van der Waals surface area contributed by atoms with Gasteiger partial charge in [-0.25, -0.2) is 4.79 Å². The number of fused-ring (bicyclic) bond motifs is 8. The number of rotatable bonds is 1. The third kappa shape index (κ3) is 2.13. The van der Waals surface area contributed by atoms with Crippen LogP contribution in [0.3, 0.4) is 0 Å².